The number of Topliss-reactive ketones (excluding diaryl/α,β-unsaturated/α-hetero) is 1. The summed E-state index contributed by atoms with van der Waals surface area (Å²) in [5.74, 6) is -2.04. The lowest BCUT2D eigenvalue weighted by Crippen LogP contribution is -2.62. The molecule has 4 heterocycles. The van der Waals surface area contributed by atoms with Gasteiger partial charge in [0.05, 0.1) is 43.8 Å². The number of hydrogen-bond donors (Lipinski definition) is 5. The Hall–Kier alpha value is -6.37. The molecule has 0 saturated carbocycles. The van der Waals surface area contributed by atoms with E-state index in [1.165, 1.54) is 17.7 Å². The first-order valence-corrected chi connectivity index (χ1v) is 28.7. The van der Waals surface area contributed by atoms with Crippen LogP contribution in [0.5, 0.6) is 0 Å². The fourth-order valence-electron chi connectivity index (χ4n) is 12.3. The highest BCUT2D eigenvalue weighted by Gasteiger charge is 2.48. The zero-order valence-corrected chi connectivity index (χ0v) is 48.0. The molecule has 5 amide bonds. The number of aryl methyl sites for hydroxylation is 1. The van der Waals surface area contributed by atoms with E-state index < -0.39 is 29.0 Å². The molecular formula is C63H82FN9O7. The molecule has 428 valence electrons. The van der Waals surface area contributed by atoms with E-state index in [-0.39, 0.29) is 104 Å². The van der Waals surface area contributed by atoms with E-state index in [2.05, 4.69) is 62.4 Å². The van der Waals surface area contributed by atoms with E-state index in [1.54, 1.807) is 35.9 Å². The normalized spacial score (nSPS) is 23.9. The lowest BCUT2D eigenvalue weighted by molar-refractivity contribution is -0.147. The minimum atomic E-state index is -1.19. The first-order chi connectivity index (χ1) is 38.2. The molecular weight excluding hydrogens is 1010 g/mol. The summed E-state index contributed by atoms with van der Waals surface area (Å²) in [4.78, 5) is 94.3. The van der Waals surface area contributed by atoms with E-state index in [1.807, 2.05) is 76.2 Å². The van der Waals surface area contributed by atoms with Gasteiger partial charge >= 0.3 is 0 Å². The van der Waals surface area contributed by atoms with Gasteiger partial charge in [0.2, 0.25) is 29.5 Å². The second-order valence-corrected chi connectivity index (χ2v) is 24.4. The number of morpholine rings is 1. The number of amides is 5. The molecule has 4 aromatic rings. The van der Waals surface area contributed by atoms with Crippen LogP contribution in [0.3, 0.4) is 0 Å². The molecule has 8 atom stereocenters. The Labute approximate surface area is 471 Å². The third-order valence-electron chi connectivity index (χ3n) is 17.3. The highest BCUT2D eigenvalue weighted by Crippen LogP contribution is 2.42. The maximum atomic E-state index is 15.0. The molecule has 5 aliphatic rings. The van der Waals surface area contributed by atoms with E-state index in [4.69, 9.17) is 4.74 Å². The van der Waals surface area contributed by atoms with Crippen LogP contribution in [0.2, 0.25) is 0 Å². The van der Waals surface area contributed by atoms with Crippen molar-refractivity contribution < 1.29 is 37.9 Å². The van der Waals surface area contributed by atoms with Crippen LogP contribution in [0.15, 0.2) is 84.9 Å². The molecule has 5 N–H and O–H groups in total. The third kappa shape index (κ3) is 13.2. The van der Waals surface area contributed by atoms with Crippen LogP contribution in [0.25, 0.3) is 0 Å². The third-order valence-corrected chi connectivity index (χ3v) is 17.3. The Kier molecular flexibility index (Phi) is 18.1. The summed E-state index contributed by atoms with van der Waals surface area (Å²) in [7, 11) is 1.68. The molecule has 17 heteroatoms. The quantitative estimate of drug-likeness (QED) is 0.0968. The first-order valence-electron chi connectivity index (χ1n) is 28.7. The summed E-state index contributed by atoms with van der Waals surface area (Å²) in [6.07, 6.45) is 3.36. The number of nitrogens with zero attached hydrogens (tertiary/aromatic N) is 4. The van der Waals surface area contributed by atoms with Gasteiger partial charge in [-0.15, -0.1) is 0 Å². The number of carbonyl (C=O) groups is 6. The number of halogens is 1. The second kappa shape index (κ2) is 24.8. The number of fused-ring (bicyclic) bond motifs is 3. The molecule has 4 aliphatic heterocycles. The molecule has 9 rings (SSSR count). The zero-order chi connectivity index (χ0) is 57.0. The SMILES string of the molecule is CN[C@@H](C)C(=O)N[C@H](C(=O)N1Cc2cc(CC(=O)CNC(=O)C3(C)CN(C(=O)CN4C[C@@H](C)NC[C@@H]4CN4CCOC[C@H]4C)c4cc(Cc5ccc(F)cc5)ccc43)ccc2C[C@H]1C(=O)N[C@@H]1CCCc2ccccc21)C(C)(C)C. The Bertz CT molecular complexity index is 2950. The van der Waals surface area contributed by atoms with Gasteiger partial charge < -0.3 is 41.1 Å². The monoisotopic (exact) mass is 1100 g/mol. The van der Waals surface area contributed by atoms with Crippen molar-refractivity contribution in [1.29, 1.82) is 0 Å². The molecule has 2 fully saturated rings. The molecule has 16 nitrogen and oxygen atoms in total. The molecule has 2 saturated heterocycles. The number of rotatable bonds is 17. The molecule has 4 aromatic carbocycles. The van der Waals surface area contributed by atoms with Gasteiger partial charge in [0.1, 0.15) is 17.9 Å². The first kappa shape index (κ1) is 58.3. The number of piperazine rings is 1. The predicted molar refractivity (Wildman–Crippen MR) is 306 cm³/mol. The molecule has 0 aromatic heterocycles. The maximum Gasteiger partial charge on any atom is 0.246 e. The average Bonchev–Trinajstić information content (AvgIpc) is 3.76. The lowest BCUT2D eigenvalue weighted by atomic mass is 9.83. The van der Waals surface area contributed by atoms with Gasteiger partial charge in [-0.25, -0.2) is 4.39 Å². The van der Waals surface area contributed by atoms with Crippen molar-refractivity contribution in [2.24, 2.45) is 5.41 Å². The van der Waals surface area contributed by atoms with E-state index in [0.29, 0.717) is 43.0 Å². The van der Waals surface area contributed by atoms with Crippen molar-refractivity contribution >= 4 is 41.0 Å². The highest BCUT2D eigenvalue weighted by molar-refractivity contribution is 6.03. The fraction of sp³-hybridized carbons (Fsp3) is 0.524. The summed E-state index contributed by atoms with van der Waals surface area (Å²) < 4.78 is 19.6. The molecule has 0 bridgehead atoms. The van der Waals surface area contributed by atoms with Crippen LogP contribution in [0.4, 0.5) is 10.1 Å². The maximum absolute atomic E-state index is 15.0. The number of benzene rings is 4. The zero-order valence-electron chi connectivity index (χ0n) is 48.0. The number of likely N-dealkylation sites (N-methyl/N-ethyl adjacent to an activating group) is 1. The van der Waals surface area contributed by atoms with E-state index >= 15 is 0 Å². The lowest BCUT2D eigenvalue weighted by Gasteiger charge is -2.43. The van der Waals surface area contributed by atoms with Crippen LogP contribution < -0.4 is 31.5 Å². The predicted octanol–water partition coefficient (Wildman–Crippen LogP) is 4.92. The average molecular weight is 1100 g/mol. The van der Waals surface area contributed by atoms with Crippen molar-refractivity contribution in [1.82, 2.24) is 41.3 Å². The number of nitrogens with one attached hydrogen (secondary N) is 5. The van der Waals surface area contributed by atoms with Crippen molar-refractivity contribution in [2.75, 3.05) is 71.0 Å². The van der Waals surface area contributed by atoms with Crippen molar-refractivity contribution in [3.05, 3.63) is 135 Å². The van der Waals surface area contributed by atoms with Crippen molar-refractivity contribution in [3.8, 4) is 0 Å². The Morgan fingerprint density at radius 3 is 2.40 bits per heavy atom. The number of ketones is 1. The summed E-state index contributed by atoms with van der Waals surface area (Å²) in [5, 5.41) is 15.8. The Balaban J connectivity index is 0.915. The van der Waals surface area contributed by atoms with Crippen LogP contribution in [0, 0.1) is 11.2 Å². The number of anilines is 1. The summed E-state index contributed by atoms with van der Waals surface area (Å²) in [5.41, 5.74) is 5.87. The summed E-state index contributed by atoms with van der Waals surface area (Å²) in [6.45, 7) is 17.9. The Morgan fingerprint density at radius 2 is 1.65 bits per heavy atom. The molecule has 80 heavy (non-hydrogen) atoms. The van der Waals surface area contributed by atoms with Gasteiger partial charge in [0, 0.05) is 75.9 Å². The number of carbonyl (C=O) groups excluding carboxylic acids is 6. The largest absolute Gasteiger partial charge is 0.379 e. The second-order valence-electron chi connectivity index (χ2n) is 24.4. The molecule has 0 radical (unpaired) electrons. The van der Waals surface area contributed by atoms with Crippen LogP contribution >= 0.6 is 0 Å². The van der Waals surface area contributed by atoms with Gasteiger partial charge in [-0.3, -0.25) is 38.6 Å². The standard InChI is InChI=1S/C63H82FN9O7/c1-39-33-71(49(31-66-39)35-70-24-25-80-37-40(70)2)36-56(75)73-38-63(7,52-23-19-43(29-54(52)73)26-42-17-21-48(64)22-18-42)61(79)67-32-50(74)28-44-16-20-46-30-55(59(77)68-53-15-11-13-45-12-9-10-14-51(45)53)72(34-47(46)27-44)60(78)57(62(4,5)6)69-58(76)41(3)65-8/h9-10,12,14,16-23,27,29,39-41,49,53,55,57,65-66H,11,13,15,24-26,28,30-38H2,1-8H3,(H,67,79)(H,68,77)(H,69,76)/t39-,40-,41+,49-,53-,55+,57-,63?/m1/s1. The molecule has 1 aliphatic carbocycles. The van der Waals surface area contributed by atoms with Gasteiger partial charge in [-0.2, -0.15) is 0 Å². The molecule has 1 unspecified atom stereocenters. The van der Waals surface area contributed by atoms with Crippen molar-refractivity contribution in [2.45, 2.75) is 141 Å². The van der Waals surface area contributed by atoms with Gasteiger partial charge in [-0.1, -0.05) is 87.5 Å². The van der Waals surface area contributed by atoms with E-state index in [0.717, 1.165) is 66.7 Å². The van der Waals surface area contributed by atoms with Gasteiger partial charge in [-0.05, 0) is 129 Å². The Morgan fingerprint density at radius 1 is 0.900 bits per heavy atom. The number of ether oxygens (including phenoxy) is 1. The molecule has 0 spiro atoms. The highest BCUT2D eigenvalue weighted by atomic mass is 19.1. The summed E-state index contributed by atoms with van der Waals surface area (Å²) in [6, 6.07) is 23.9. The van der Waals surface area contributed by atoms with Crippen LogP contribution in [-0.4, -0.2) is 152 Å². The van der Waals surface area contributed by atoms with E-state index in [9.17, 15) is 33.2 Å². The summed E-state index contributed by atoms with van der Waals surface area (Å²) >= 11 is 0. The van der Waals surface area contributed by atoms with Gasteiger partial charge in [0.15, 0.2) is 5.78 Å². The topological polar surface area (TPSA) is 185 Å². The minimum absolute atomic E-state index is 0.00669. The van der Waals surface area contributed by atoms with Crippen LogP contribution in [0.1, 0.15) is 112 Å². The minimum Gasteiger partial charge on any atom is -0.379 e. The fourth-order valence-corrected chi connectivity index (χ4v) is 12.3. The smallest absolute Gasteiger partial charge is 0.246 e. The number of hydrogen-bond acceptors (Lipinski definition) is 11. The van der Waals surface area contributed by atoms with Gasteiger partial charge in [0.25, 0.3) is 0 Å². The van der Waals surface area contributed by atoms with Crippen LogP contribution in [-0.2, 0) is 71.1 Å². The van der Waals surface area contributed by atoms with Crippen molar-refractivity contribution in [3.63, 3.8) is 0 Å².